The third-order valence-corrected chi connectivity index (χ3v) is 7.74. The number of pyridine rings is 3. The van der Waals surface area contributed by atoms with Gasteiger partial charge in [0.15, 0.2) is 0 Å². The first-order valence-corrected chi connectivity index (χ1v) is 37.8. The van der Waals surface area contributed by atoms with Gasteiger partial charge < -0.3 is 13.9 Å². The lowest BCUT2D eigenvalue weighted by Gasteiger charge is -2.18. The highest BCUT2D eigenvalue weighted by molar-refractivity contribution is 5.80. The van der Waals surface area contributed by atoms with E-state index in [0.717, 1.165) is 88.5 Å². The minimum atomic E-state index is 0.0983. The van der Waals surface area contributed by atoms with Gasteiger partial charge in [0.05, 0.1) is 6.54 Å². The van der Waals surface area contributed by atoms with Crippen molar-refractivity contribution in [2.24, 2.45) is 65.1 Å². The Kier molecular flexibility index (Phi) is 90.1. The molecule has 0 N–H and O–H groups in total. The number of nitrogens with zero attached hydrogens (tertiary/aromatic N) is 12. The van der Waals surface area contributed by atoms with Crippen molar-refractivity contribution in [1.29, 1.82) is 0 Å². The maximum absolute atomic E-state index is 11.6. The Labute approximate surface area is 631 Å². The summed E-state index contributed by atoms with van der Waals surface area (Å²) in [6.07, 6.45) is 27.6. The van der Waals surface area contributed by atoms with Crippen LogP contribution < -0.4 is 5.56 Å². The van der Waals surface area contributed by atoms with Crippen molar-refractivity contribution in [3.8, 4) is 0 Å². The van der Waals surface area contributed by atoms with Gasteiger partial charge in [-0.25, -0.2) is 19.7 Å². The molecule has 8 aromatic heterocycles. The zero-order chi connectivity index (χ0) is 81.1. The van der Waals surface area contributed by atoms with Crippen molar-refractivity contribution in [2.45, 2.75) is 295 Å². The summed E-state index contributed by atoms with van der Waals surface area (Å²) in [6, 6.07) is 25.3. The lowest BCUT2D eigenvalue weighted by molar-refractivity contribution is 0.196. The van der Waals surface area contributed by atoms with E-state index in [1.54, 1.807) is 89.4 Å². The smallest absolute Gasteiger partial charge is 0.316 e. The number of hydrogen-bond acceptors (Lipinski definition) is 10. The molecule has 14 heteroatoms. The standard InChI is InChI=1S/C11H17NO.C9H12N2O.C7H6N2.C5H5N.3C4H4N2.11C4H10/c1-8(2)10-5-6-12(9(3)4)11(13)7-10;1-7(2)11-6-8-4-3-5-10(8)9(11)12;1-2-5-9-6-4-8-7(9)3-1;1-2-4-6-5-3-1;1-2-6-4-3-5-1;1-2-5-4-6-3-1;1-2-4-6-5-3-1;11*1-4(2)3/h5-9H,1-4H3;3-5,7H,6H2,1-2H3;1-6H;1-5H;3*1-4H;11*4H,1-3H3. The van der Waals surface area contributed by atoms with Gasteiger partial charge in [-0.3, -0.25) is 24.3 Å². The van der Waals surface area contributed by atoms with Crippen LogP contribution in [0, 0.1) is 65.1 Å². The topological polar surface area (TPSA) is 155 Å². The monoisotopic (exact) mass is 1420 g/mol. The highest BCUT2D eigenvalue weighted by atomic mass is 16.2. The van der Waals surface area contributed by atoms with Gasteiger partial charge in [-0.05, 0) is 165 Å². The lowest BCUT2D eigenvalue weighted by atomic mass is 10.1. The average Bonchev–Trinajstić information content (AvgIpc) is 1.65. The molecule has 0 atom stereocenters. The summed E-state index contributed by atoms with van der Waals surface area (Å²) < 4.78 is 5.42. The maximum Gasteiger partial charge on any atom is 0.328 e. The fourth-order valence-electron chi connectivity index (χ4n) is 4.74. The van der Waals surface area contributed by atoms with Gasteiger partial charge in [0.2, 0.25) is 0 Å². The van der Waals surface area contributed by atoms with Gasteiger partial charge in [0.1, 0.15) is 12.0 Å². The minimum absolute atomic E-state index is 0.0983. The van der Waals surface area contributed by atoms with Crippen molar-refractivity contribution in [3.05, 3.63) is 200 Å². The zero-order valence-corrected chi connectivity index (χ0v) is 73.2. The fourth-order valence-corrected chi connectivity index (χ4v) is 4.74. The van der Waals surface area contributed by atoms with Crippen molar-refractivity contribution in [3.63, 3.8) is 0 Å². The van der Waals surface area contributed by atoms with Gasteiger partial charge in [-0.2, -0.15) is 10.2 Å². The van der Waals surface area contributed by atoms with Gasteiger partial charge in [-0.15, -0.1) is 0 Å². The van der Waals surface area contributed by atoms with Crippen LogP contribution in [0.4, 0.5) is 4.79 Å². The molecule has 8 aromatic rings. The molecular formula is C88H162N12O2. The number of carbonyl (C=O) groups excluding carboxylic acids is 1. The highest BCUT2D eigenvalue weighted by Gasteiger charge is 2.27. The van der Waals surface area contributed by atoms with Crippen LogP contribution >= 0.6 is 0 Å². The van der Waals surface area contributed by atoms with Crippen LogP contribution in [-0.2, 0) is 6.54 Å². The summed E-state index contributed by atoms with van der Waals surface area (Å²) >= 11 is 0. The molecule has 1 amide bonds. The molecule has 102 heavy (non-hydrogen) atoms. The van der Waals surface area contributed by atoms with Crippen LogP contribution in [0.2, 0.25) is 0 Å². The second-order valence-electron chi connectivity index (χ2n) is 32.0. The molecule has 0 unspecified atom stereocenters. The van der Waals surface area contributed by atoms with E-state index in [0.29, 0.717) is 5.92 Å². The second kappa shape index (κ2) is 81.1. The lowest BCUT2D eigenvalue weighted by Crippen LogP contribution is -2.32. The molecule has 0 fully saturated rings. The molecule has 9 heterocycles. The molecular weight excluding hydrogens is 1260 g/mol. The van der Waals surface area contributed by atoms with Crippen LogP contribution in [-0.4, -0.2) is 70.6 Å². The molecule has 1 aliphatic rings. The molecule has 586 valence electrons. The van der Waals surface area contributed by atoms with Crippen molar-refractivity contribution >= 4 is 11.7 Å². The molecule has 0 spiro atoms. The van der Waals surface area contributed by atoms with Gasteiger partial charge in [0.25, 0.3) is 5.56 Å². The summed E-state index contributed by atoms with van der Waals surface area (Å²) in [5.74, 6) is 9.59. The molecule has 1 aliphatic heterocycles. The van der Waals surface area contributed by atoms with Crippen LogP contribution in [0.15, 0.2) is 183 Å². The van der Waals surface area contributed by atoms with Crippen molar-refractivity contribution in [2.75, 3.05) is 0 Å². The van der Waals surface area contributed by atoms with Gasteiger partial charge >= 0.3 is 6.03 Å². The summed E-state index contributed by atoms with van der Waals surface area (Å²) in [5, 5.41) is 7.07. The minimum Gasteiger partial charge on any atom is -0.316 e. The molecule has 0 saturated heterocycles. The quantitative estimate of drug-likeness (QED) is 0.167. The first kappa shape index (κ1) is 113. The maximum atomic E-state index is 11.6. The van der Waals surface area contributed by atoms with E-state index >= 15 is 0 Å². The highest BCUT2D eigenvalue weighted by Crippen LogP contribution is 2.19. The Balaban J connectivity index is -0.000000131. The number of rotatable bonds is 3. The number of imidazole rings is 1. The molecule has 0 aliphatic carbocycles. The van der Waals surface area contributed by atoms with E-state index in [1.165, 1.54) is 6.33 Å². The van der Waals surface area contributed by atoms with E-state index in [1.807, 2.05) is 129 Å². The Morgan fingerprint density at radius 1 is 0.314 bits per heavy atom. The van der Waals surface area contributed by atoms with Crippen molar-refractivity contribution < 1.29 is 4.79 Å². The molecule has 0 aromatic carbocycles. The summed E-state index contributed by atoms with van der Waals surface area (Å²) in [4.78, 5) is 47.7. The third-order valence-electron chi connectivity index (χ3n) is 7.74. The average molecular weight is 1420 g/mol. The molecule has 14 nitrogen and oxygen atoms in total. The number of fused-ring (bicyclic) bond motifs is 2. The number of hydrogen-bond donors (Lipinski definition) is 0. The van der Waals surface area contributed by atoms with E-state index in [9.17, 15) is 9.59 Å². The summed E-state index contributed by atoms with van der Waals surface area (Å²) in [5.41, 5.74) is 3.30. The van der Waals surface area contributed by atoms with E-state index in [2.05, 4.69) is 282 Å². The third kappa shape index (κ3) is 120. The summed E-state index contributed by atoms with van der Waals surface area (Å²) in [6.45, 7) is 84.5. The van der Waals surface area contributed by atoms with Crippen LogP contribution in [0.1, 0.15) is 293 Å². The largest absolute Gasteiger partial charge is 0.328 e. The van der Waals surface area contributed by atoms with Gasteiger partial charge in [0, 0.05) is 117 Å². The molecule has 9 rings (SSSR count). The van der Waals surface area contributed by atoms with E-state index < -0.39 is 0 Å². The SMILES string of the molecule is CC(C)C.CC(C)C.CC(C)C.CC(C)C.CC(C)C.CC(C)C.CC(C)C.CC(C)C.CC(C)C.CC(C)C.CC(C)C.CC(C)N1Cc2cccn2C1=O.CC(C)c1ccn(C(C)C)c(=O)c1.c1ccn2ccnc2c1.c1ccncc1.c1ccnnc1.c1cnccn1.c1cncnc1. The fraction of sp³-hybridized carbons (Fsp3) is 0.614. The second-order valence-corrected chi connectivity index (χ2v) is 32.0. The first-order valence-electron chi connectivity index (χ1n) is 37.8. The summed E-state index contributed by atoms with van der Waals surface area (Å²) in [7, 11) is 0. The Hall–Kier alpha value is -7.22. The van der Waals surface area contributed by atoms with Gasteiger partial charge in [-0.1, -0.05) is 254 Å². The Morgan fingerprint density at radius 3 is 0.902 bits per heavy atom. The Morgan fingerprint density at radius 2 is 0.667 bits per heavy atom. The molecule has 0 radical (unpaired) electrons. The molecule has 0 saturated carbocycles. The zero-order valence-electron chi connectivity index (χ0n) is 73.2. The van der Waals surface area contributed by atoms with Crippen LogP contribution in [0.25, 0.3) is 5.65 Å². The first-order chi connectivity index (χ1) is 47.2. The number of amides is 1. The predicted octanol–water partition coefficient (Wildman–Crippen LogP) is 26.4. The molecule has 0 bridgehead atoms. The van der Waals surface area contributed by atoms with Crippen molar-refractivity contribution in [1.82, 2.24) is 58.5 Å². The Bertz CT molecular complexity index is 2440. The number of carbonyl (C=O) groups is 1. The number of aromatic nitrogens is 11. The normalized spacial score (nSPS) is 9.97. The van der Waals surface area contributed by atoms with Crippen LogP contribution in [0.3, 0.4) is 0 Å². The predicted molar refractivity (Wildman–Crippen MR) is 452 cm³/mol. The van der Waals surface area contributed by atoms with E-state index in [4.69, 9.17) is 0 Å². The van der Waals surface area contributed by atoms with E-state index in [-0.39, 0.29) is 23.7 Å². The van der Waals surface area contributed by atoms with Crippen LogP contribution in [0.5, 0.6) is 0 Å².